The number of benzene rings is 3. The second-order valence-corrected chi connectivity index (χ2v) is 13.5. The Morgan fingerprint density at radius 2 is 1.63 bits per heavy atom. The molecule has 3 aromatic carbocycles. The predicted molar refractivity (Wildman–Crippen MR) is 205 cm³/mol. The number of β-amino-alcohol motifs (C(OH)–C–C–N with tert-alkyl or cyclic N) is 1. The molecule has 4 aromatic rings. The van der Waals surface area contributed by atoms with Crippen molar-refractivity contribution in [3.8, 4) is 34.4 Å². The van der Waals surface area contributed by atoms with Gasteiger partial charge in [-0.2, -0.15) is 5.26 Å². The van der Waals surface area contributed by atoms with Gasteiger partial charge >= 0.3 is 0 Å². The third-order valence-corrected chi connectivity index (χ3v) is 9.70. The number of aliphatic hydroxyl groups excluding tert-OH is 2. The van der Waals surface area contributed by atoms with Crippen LogP contribution in [0.1, 0.15) is 52.6 Å². The Bertz CT molecular complexity index is 1910. The molecule has 1 atom stereocenters. The van der Waals surface area contributed by atoms with Crippen molar-refractivity contribution in [2.24, 2.45) is 4.99 Å². The van der Waals surface area contributed by atoms with E-state index in [4.69, 9.17) is 25.8 Å². The Labute approximate surface area is 316 Å². The summed E-state index contributed by atoms with van der Waals surface area (Å²) >= 11 is 6.79. The number of likely N-dealkylation sites (tertiary alicyclic amines) is 1. The van der Waals surface area contributed by atoms with Crippen LogP contribution < -0.4 is 19.5 Å². The van der Waals surface area contributed by atoms with Crippen molar-refractivity contribution in [1.29, 1.82) is 5.26 Å². The zero-order valence-electron chi connectivity index (χ0n) is 29.5. The Morgan fingerprint density at radius 1 is 0.885 bits per heavy atom. The highest BCUT2D eigenvalue weighted by molar-refractivity contribution is 6.32. The molecule has 0 saturated carbocycles. The van der Waals surface area contributed by atoms with Gasteiger partial charge in [0.25, 0.3) is 0 Å². The second-order valence-electron chi connectivity index (χ2n) is 13.1. The molecule has 2 aliphatic rings. The third kappa shape index (κ3) is 9.73. The maximum Gasteiger partial charge on any atom is 0.142 e. The van der Waals surface area contributed by atoms with Crippen molar-refractivity contribution in [3.05, 3.63) is 105 Å². The van der Waals surface area contributed by atoms with Crippen LogP contribution in [0, 0.1) is 25.2 Å². The van der Waals surface area contributed by atoms with Gasteiger partial charge in [-0.3, -0.25) is 9.98 Å². The minimum atomic E-state index is -0.569. The van der Waals surface area contributed by atoms with Crippen LogP contribution in [0.2, 0.25) is 5.02 Å². The molecule has 2 aliphatic heterocycles. The molecule has 6 rings (SSSR count). The fourth-order valence-electron chi connectivity index (χ4n) is 6.41. The standard InChI is InChI=1S/C40H44ClN5O5.ClH/c1-26-30(6-3-7-33(26)34-8-4-9-37(27(34)2)49-15-5-12-46-13-10-31(47)11-14-46)25-51-39-18-38(50-24-29-16-28(19-42)20-43-21-29)35(17-36(39)41)40-44-22-32(48)23-45-40;/h3-4,6-9,16-18,20-21,31-32,47-48H,5,10-15,22-25H2,1-2H3,(H,44,45);1H. The van der Waals surface area contributed by atoms with Crippen molar-refractivity contribution in [2.45, 2.75) is 58.5 Å². The van der Waals surface area contributed by atoms with Gasteiger partial charge in [-0.25, -0.2) is 0 Å². The van der Waals surface area contributed by atoms with E-state index in [1.807, 2.05) is 18.2 Å². The SMILES string of the molecule is Cc1c(COc2cc(OCc3cncc(C#N)c3)c(C3=NCC(O)CN3)cc2Cl)cccc1-c1cccc(OCCCN2CCC(O)CC2)c1C.Cl. The van der Waals surface area contributed by atoms with E-state index in [1.165, 1.54) is 6.20 Å². The van der Waals surface area contributed by atoms with Gasteiger partial charge in [-0.05, 0) is 79.1 Å². The zero-order chi connectivity index (χ0) is 35.7. The van der Waals surface area contributed by atoms with Crippen LogP contribution >= 0.6 is 24.0 Å². The first kappa shape index (κ1) is 38.9. The monoisotopic (exact) mass is 745 g/mol. The fraction of sp³-hybridized carbons (Fsp3) is 0.375. The average molecular weight is 747 g/mol. The van der Waals surface area contributed by atoms with Crippen LogP contribution in [0.5, 0.6) is 17.2 Å². The van der Waals surface area contributed by atoms with E-state index in [9.17, 15) is 15.5 Å². The van der Waals surface area contributed by atoms with E-state index in [0.29, 0.717) is 46.6 Å². The van der Waals surface area contributed by atoms with Gasteiger partial charge < -0.3 is 34.6 Å². The van der Waals surface area contributed by atoms with Gasteiger partial charge in [0.15, 0.2) is 0 Å². The number of ether oxygens (including phenoxy) is 3. The molecule has 52 heavy (non-hydrogen) atoms. The van der Waals surface area contributed by atoms with Crippen molar-refractivity contribution >= 4 is 29.8 Å². The number of nitrogens with zero attached hydrogens (tertiary/aromatic N) is 4. The zero-order valence-corrected chi connectivity index (χ0v) is 31.1. The lowest BCUT2D eigenvalue weighted by atomic mass is 9.93. The number of rotatable bonds is 13. The summed E-state index contributed by atoms with van der Waals surface area (Å²) in [6.45, 7) is 8.75. The highest BCUT2D eigenvalue weighted by Gasteiger charge is 2.21. The summed E-state index contributed by atoms with van der Waals surface area (Å²) in [6, 6.07) is 19.7. The number of hydrogen-bond acceptors (Lipinski definition) is 10. The summed E-state index contributed by atoms with van der Waals surface area (Å²) in [4.78, 5) is 11.0. The van der Waals surface area contributed by atoms with E-state index in [-0.39, 0.29) is 38.3 Å². The number of aliphatic imine (C=N–C) groups is 1. The second kappa shape index (κ2) is 18.4. The Hall–Kier alpha value is -4.37. The molecule has 1 fully saturated rings. The van der Waals surface area contributed by atoms with E-state index in [1.54, 1.807) is 24.4 Å². The minimum absolute atomic E-state index is 0. The quantitative estimate of drug-likeness (QED) is 0.133. The number of piperidine rings is 1. The summed E-state index contributed by atoms with van der Waals surface area (Å²) in [5.74, 6) is 2.39. The van der Waals surface area contributed by atoms with Crippen molar-refractivity contribution < 1.29 is 24.4 Å². The van der Waals surface area contributed by atoms with Gasteiger partial charge in [0.1, 0.15) is 42.4 Å². The number of aliphatic hydroxyl groups is 2. The number of halogens is 2. The minimum Gasteiger partial charge on any atom is -0.493 e. The highest BCUT2D eigenvalue weighted by atomic mass is 35.5. The first-order valence-corrected chi connectivity index (χ1v) is 17.8. The Kier molecular flexibility index (Phi) is 13.8. The molecule has 1 saturated heterocycles. The molecule has 10 nitrogen and oxygen atoms in total. The van der Waals surface area contributed by atoms with Gasteiger partial charge in [0, 0.05) is 50.2 Å². The van der Waals surface area contributed by atoms with Crippen LogP contribution in [-0.2, 0) is 13.2 Å². The largest absolute Gasteiger partial charge is 0.493 e. The maximum atomic E-state index is 9.96. The van der Waals surface area contributed by atoms with E-state index >= 15 is 0 Å². The molecule has 0 amide bonds. The molecule has 1 aromatic heterocycles. The predicted octanol–water partition coefficient (Wildman–Crippen LogP) is 6.41. The molecule has 3 heterocycles. The number of nitrogens with one attached hydrogen (secondary N) is 1. The molecule has 3 N–H and O–H groups in total. The first-order chi connectivity index (χ1) is 24.8. The topological polar surface area (TPSA) is 132 Å². The lowest BCUT2D eigenvalue weighted by Gasteiger charge is -2.29. The number of pyridine rings is 1. The van der Waals surface area contributed by atoms with Crippen molar-refractivity contribution in [3.63, 3.8) is 0 Å². The normalized spacial score (nSPS) is 16.2. The highest BCUT2D eigenvalue weighted by Crippen LogP contribution is 2.36. The molecule has 274 valence electrons. The lowest BCUT2D eigenvalue weighted by Crippen LogP contribution is -2.39. The van der Waals surface area contributed by atoms with Crippen molar-refractivity contribution in [2.75, 3.05) is 39.3 Å². The summed E-state index contributed by atoms with van der Waals surface area (Å²) in [7, 11) is 0. The molecule has 0 bridgehead atoms. The van der Waals surface area contributed by atoms with E-state index in [2.05, 4.69) is 58.3 Å². The smallest absolute Gasteiger partial charge is 0.142 e. The molecular formula is C40H45Cl2N5O5. The number of aromatic nitrogens is 1. The van der Waals surface area contributed by atoms with E-state index < -0.39 is 6.10 Å². The summed E-state index contributed by atoms with van der Waals surface area (Å²) in [5, 5.41) is 32.6. The maximum absolute atomic E-state index is 9.96. The molecule has 0 aliphatic carbocycles. The van der Waals surface area contributed by atoms with Crippen LogP contribution in [0.4, 0.5) is 0 Å². The molecule has 0 radical (unpaired) electrons. The average Bonchev–Trinajstić information content (AvgIpc) is 3.14. The Morgan fingerprint density at radius 3 is 2.38 bits per heavy atom. The van der Waals surface area contributed by atoms with Gasteiger partial charge in [0.05, 0.1) is 41.5 Å². The summed E-state index contributed by atoms with van der Waals surface area (Å²) in [5.41, 5.74) is 7.24. The van der Waals surface area contributed by atoms with Crippen LogP contribution in [0.3, 0.4) is 0 Å². The molecular weight excluding hydrogens is 701 g/mol. The van der Waals surface area contributed by atoms with Crippen LogP contribution in [0.25, 0.3) is 11.1 Å². The number of nitriles is 1. The summed E-state index contributed by atoms with van der Waals surface area (Å²) in [6.07, 6.45) is 5.06. The molecule has 1 unspecified atom stereocenters. The summed E-state index contributed by atoms with van der Waals surface area (Å²) < 4.78 is 18.9. The van der Waals surface area contributed by atoms with Gasteiger partial charge in [0.2, 0.25) is 0 Å². The lowest BCUT2D eigenvalue weighted by molar-refractivity contribution is 0.0800. The van der Waals surface area contributed by atoms with Gasteiger partial charge in [-0.1, -0.05) is 41.9 Å². The third-order valence-electron chi connectivity index (χ3n) is 9.41. The Balaban J connectivity index is 0.00000523. The van der Waals surface area contributed by atoms with Crippen molar-refractivity contribution in [1.82, 2.24) is 15.2 Å². The number of hydrogen-bond donors (Lipinski definition) is 3. The van der Waals surface area contributed by atoms with Crippen LogP contribution in [0.15, 0.2) is 72.0 Å². The number of amidine groups is 1. The van der Waals surface area contributed by atoms with E-state index in [0.717, 1.165) is 78.0 Å². The first-order valence-electron chi connectivity index (χ1n) is 17.4. The van der Waals surface area contributed by atoms with Gasteiger partial charge in [-0.15, -0.1) is 12.4 Å². The molecule has 12 heteroatoms. The fourth-order valence-corrected chi connectivity index (χ4v) is 6.63. The molecule has 0 spiro atoms. The van der Waals surface area contributed by atoms with Crippen LogP contribution in [-0.4, -0.2) is 77.5 Å².